The molecular formula is C21H34. The highest BCUT2D eigenvalue weighted by Gasteiger charge is 2.12. The first kappa shape index (κ1) is 18.0. The van der Waals surface area contributed by atoms with Crippen LogP contribution >= 0.6 is 0 Å². The van der Waals surface area contributed by atoms with Crippen LogP contribution in [0.2, 0.25) is 0 Å². The summed E-state index contributed by atoms with van der Waals surface area (Å²) in [4.78, 5) is 0. The lowest BCUT2D eigenvalue weighted by Gasteiger charge is -2.19. The largest absolute Gasteiger partial charge is 0.103 e. The summed E-state index contributed by atoms with van der Waals surface area (Å²) in [5, 5.41) is 0. The third-order valence-corrected chi connectivity index (χ3v) is 4.25. The predicted octanol–water partition coefficient (Wildman–Crippen LogP) is 6.66. The Morgan fingerprint density at radius 2 is 1.48 bits per heavy atom. The highest BCUT2D eigenvalue weighted by molar-refractivity contribution is 5.38. The van der Waals surface area contributed by atoms with Crippen molar-refractivity contribution in [2.24, 2.45) is 0 Å². The topological polar surface area (TPSA) is 0 Å². The summed E-state index contributed by atoms with van der Waals surface area (Å²) in [5.74, 6) is 0. The van der Waals surface area contributed by atoms with E-state index in [4.69, 9.17) is 0 Å². The number of hydrogen-bond acceptors (Lipinski definition) is 0. The van der Waals surface area contributed by atoms with Crippen LogP contribution in [0.1, 0.15) is 81.9 Å². The monoisotopic (exact) mass is 286 g/mol. The Morgan fingerprint density at radius 1 is 0.905 bits per heavy atom. The van der Waals surface area contributed by atoms with Crippen molar-refractivity contribution < 1.29 is 0 Å². The molecule has 1 aliphatic carbocycles. The molecule has 1 aromatic carbocycles. The van der Waals surface area contributed by atoms with Gasteiger partial charge in [-0.05, 0) is 49.3 Å². The lowest BCUT2D eigenvalue weighted by Crippen LogP contribution is -2.08. The number of unbranched alkanes of at least 4 members (excludes halogenated alkanes) is 7. The third-order valence-electron chi connectivity index (χ3n) is 4.25. The predicted molar refractivity (Wildman–Crippen MR) is 96.0 cm³/mol. The molecule has 0 atom stereocenters. The Balaban J connectivity index is 0.000000677. The zero-order chi connectivity index (χ0) is 15.3. The van der Waals surface area contributed by atoms with E-state index in [1.807, 2.05) is 6.92 Å². The molecule has 0 heteroatoms. The lowest BCUT2D eigenvalue weighted by molar-refractivity contribution is 0.575. The fourth-order valence-electron chi connectivity index (χ4n) is 2.87. The Bertz CT molecular complexity index is 389. The molecule has 0 aliphatic heterocycles. The van der Waals surface area contributed by atoms with Gasteiger partial charge in [-0.25, -0.2) is 0 Å². The molecule has 1 aromatic rings. The van der Waals surface area contributed by atoms with Crippen LogP contribution in [0.25, 0.3) is 0 Å². The minimum atomic E-state index is 1.29. The van der Waals surface area contributed by atoms with Crippen LogP contribution in [0.5, 0.6) is 0 Å². The second-order valence-electron chi connectivity index (χ2n) is 6.24. The van der Waals surface area contributed by atoms with E-state index in [9.17, 15) is 0 Å². The van der Waals surface area contributed by atoms with E-state index in [0.29, 0.717) is 0 Å². The Hall–Kier alpha value is -1.04. The standard InChI is InChI=1S/C18H28.C3H6/c1-2-3-4-5-6-7-8-9-10-16-11-12-17-13-14-18(17)15-16;1-3-2/h11-12,15H,2-10,13-14H2,1H3;3H,1H2,2H3. The smallest absolute Gasteiger partial charge is 0.0235 e. The maximum atomic E-state index is 3.36. The lowest BCUT2D eigenvalue weighted by atomic mass is 9.86. The average molecular weight is 287 g/mol. The van der Waals surface area contributed by atoms with E-state index in [1.165, 1.54) is 70.6 Å². The zero-order valence-electron chi connectivity index (χ0n) is 14.3. The molecule has 118 valence electrons. The van der Waals surface area contributed by atoms with Crippen molar-refractivity contribution in [1.82, 2.24) is 0 Å². The SMILES string of the molecule is C=CC.CCCCCCCCCCc1ccc2c(c1)CC2. The first-order valence-corrected chi connectivity index (χ1v) is 8.99. The minimum absolute atomic E-state index is 1.29. The zero-order valence-corrected chi connectivity index (χ0v) is 14.3. The van der Waals surface area contributed by atoms with Gasteiger partial charge in [-0.15, -0.1) is 6.58 Å². The number of aryl methyl sites for hydroxylation is 3. The van der Waals surface area contributed by atoms with Crippen molar-refractivity contribution in [2.75, 3.05) is 0 Å². The first-order valence-electron chi connectivity index (χ1n) is 8.99. The van der Waals surface area contributed by atoms with Gasteiger partial charge in [-0.1, -0.05) is 76.1 Å². The van der Waals surface area contributed by atoms with Crippen molar-refractivity contribution >= 4 is 0 Å². The van der Waals surface area contributed by atoms with E-state index in [2.05, 4.69) is 31.7 Å². The van der Waals surface area contributed by atoms with Crippen LogP contribution in [0.4, 0.5) is 0 Å². The van der Waals surface area contributed by atoms with E-state index in [-0.39, 0.29) is 0 Å². The van der Waals surface area contributed by atoms with Gasteiger partial charge in [0.25, 0.3) is 0 Å². The van der Waals surface area contributed by atoms with E-state index in [0.717, 1.165) is 0 Å². The highest BCUT2D eigenvalue weighted by Crippen LogP contribution is 2.24. The summed E-state index contributed by atoms with van der Waals surface area (Å²) >= 11 is 0. The molecule has 0 bridgehead atoms. The normalized spacial score (nSPS) is 11.9. The number of allylic oxidation sites excluding steroid dienone is 1. The minimum Gasteiger partial charge on any atom is -0.103 e. The fourth-order valence-corrected chi connectivity index (χ4v) is 2.87. The van der Waals surface area contributed by atoms with Crippen molar-refractivity contribution in [3.8, 4) is 0 Å². The molecule has 0 aromatic heterocycles. The van der Waals surface area contributed by atoms with E-state index < -0.39 is 0 Å². The fraction of sp³-hybridized carbons (Fsp3) is 0.619. The van der Waals surface area contributed by atoms with Crippen molar-refractivity contribution in [1.29, 1.82) is 0 Å². The molecule has 1 aliphatic rings. The Kier molecular flexibility index (Phi) is 9.95. The summed E-state index contributed by atoms with van der Waals surface area (Å²) in [6.45, 7) is 7.54. The molecule has 0 spiro atoms. The van der Waals surface area contributed by atoms with Crippen LogP contribution in [-0.2, 0) is 19.3 Å². The van der Waals surface area contributed by atoms with E-state index in [1.54, 1.807) is 22.8 Å². The van der Waals surface area contributed by atoms with Gasteiger partial charge in [-0.3, -0.25) is 0 Å². The average Bonchev–Trinajstić information content (AvgIpc) is 2.45. The van der Waals surface area contributed by atoms with Gasteiger partial charge in [-0.2, -0.15) is 0 Å². The van der Waals surface area contributed by atoms with Crippen molar-refractivity contribution in [2.45, 2.75) is 84.5 Å². The maximum absolute atomic E-state index is 3.36. The number of benzene rings is 1. The Labute approximate surface area is 132 Å². The number of hydrogen-bond donors (Lipinski definition) is 0. The van der Waals surface area contributed by atoms with Crippen molar-refractivity contribution in [3.05, 3.63) is 47.5 Å². The summed E-state index contributed by atoms with van der Waals surface area (Å²) in [6, 6.07) is 7.14. The summed E-state index contributed by atoms with van der Waals surface area (Å²) < 4.78 is 0. The molecular weight excluding hydrogens is 252 g/mol. The van der Waals surface area contributed by atoms with Crippen LogP contribution in [0, 0.1) is 0 Å². The molecule has 0 saturated heterocycles. The van der Waals surface area contributed by atoms with Gasteiger partial charge in [0.15, 0.2) is 0 Å². The van der Waals surface area contributed by atoms with Gasteiger partial charge >= 0.3 is 0 Å². The number of rotatable bonds is 9. The van der Waals surface area contributed by atoms with Crippen LogP contribution in [-0.4, -0.2) is 0 Å². The molecule has 0 radical (unpaired) electrons. The third kappa shape index (κ3) is 7.50. The Morgan fingerprint density at radius 3 is 2.00 bits per heavy atom. The van der Waals surface area contributed by atoms with Gasteiger partial charge in [0.2, 0.25) is 0 Å². The second-order valence-corrected chi connectivity index (χ2v) is 6.24. The van der Waals surface area contributed by atoms with Gasteiger partial charge in [0.05, 0.1) is 0 Å². The van der Waals surface area contributed by atoms with Gasteiger partial charge in [0, 0.05) is 0 Å². The molecule has 0 nitrogen and oxygen atoms in total. The summed E-state index contributed by atoms with van der Waals surface area (Å²) in [5.41, 5.74) is 4.78. The maximum Gasteiger partial charge on any atom is -0.0235 e. The molecule has 0 saturated carbocycles. The first-order chi connectivity index (χ1) is 10.3. The molecule has 0 amide bonds. The molecule has 21 heavy (non-hydrogen) atoms. The molecule has 0 N–H and O–H groups in total. The van der Waals surface area contributed by atoms with Crippen LogP contribution < -0.4 is 0 Å². The second kappa shape index (κ2) is 11.6. The molecule has 2 rings (SSSR count). The van der Waals surface area contributed by atoms with Gasteiger partial charge in [0.1, 0.15) is 0 Å². The summed E-state index contributed by atoms with van der Waals surface area (Å²) in [7, 11) is 0. The number of fused-ring (bicyclic) bond motifs is 1. The highest BCUT2D eigenvalue weighted by atomic mass is 14.2. The molecule has 0 fully saturated rings. The van der Waals surface area contributed by atoms with Crippen molar-refractivity contribution in [3.63, 3.8) is 0 Å². The summed E-state index contributed by atoms with van der Waals surface area (Å²) in [6.07, 6.45) is 17.0. The molecule has 0 unspecified atom stereocenters. The van der Waals surface area contributed by atoms with Crippen LogP contribution in [0.15, 0.2) is 30.9 Å². The van der Waals surface area contributed by atoms with Crippen LogP contribution in [0.3, 0.4) is 0 Å². The molecule has 0 heterocycles. The van der Waals surface area contributed by atoms with Gasteiger partial charge < -0.3 is 0 Å². The quantitative estimate of drug-likeness (QED) is 0.351. The van der Waals surface area contributed by atoms with E-state index >= 15 is 0 Å².